The molecule has 3 aromatic carbocycles. The van der Waals surface area contributed by atoms with Gasteiger partial charge in [-0.05, 0) is 76.9 Å². The summed E-state index contributed by atoms with van der Waals surface area (Å²) in [5.74, 6) is -7.03. The van der Waals surface area contributed by atoms with Gasteiger partial charge < -0.3 is 18.9 Å². The minimum atomic E-state index is -1.28. The van der Waals surface area contributed by atoms with Crippen LogP contribution < -0.4 is 9.47 Å². The van der Waals surface area contributed by atoms with Crippen molar-refractivity contribution in [2.75, 3.05) is 0 Å². The number of ether oxygens (including phenoxy) is 4. The molecule has 0 aliphatic carbocycles. The Labute approximate surface area is 252 Å². The molecule has 44 heavy (non-hydrogen) atoms. The summed E-state index contributed by atoms with van der Waals surface area (Å²) >= 11 is 0. The number of halogens is 4. The van der Waals surface area contributed by atoms with Crippen molar-refractivity contribution >= 4 is 11.9 Å². The SMILES string of the molecule is C=C(C)C(=O)OC(C)=C(C)Oc1ccc(-c2ccc(-c3ccc(OC(C)=C(C)OC(=O)C(=C)C)c(F)c3F)cc2)c(F)c1F. The van der Waals surface area contributed by atoms with Gasteiger partial charge in [-0.25, -0.2) is 18.4 Å². The summed E-state index contributed by atoms with van der Waals surface area (Å²) in [5.41, 5.74) is 0.625. The van der Waals surface area contributed by atoms with Gasteiger partial charge in [0.25, 0.3) is 0 Å². The molecule has 0 aromatic heterocycles. The number of esters is 2. The van der Waals surface area contributed by atoms with E-state index in [1.54, 1.807) is 0 Å². The second-order valence-electron chi connectivity index (χ2n) is 9.82. The molecule has 0 radical (unpaired) electrons. The van der Waals surface area contributed by atoms with Crippen molar-refractivity contribution in [1.29, 1.82) is 0 Å². The number of hydrogen-bond acceptors (Lipinski definition) is 6. The zero-order valence-corrected chi connectivity index (χ0v) is 25.0. The average Bonchev–Trinajstić information content (AvgIpc) is 2.97. The molecule has 0 atom stereocenters. The van der Waals surface area contributed by atoms with E-state index < -0.39 is 46.7 Å². The Morgan fingerprint density at radius 1 is 0.500 bits per heavy atom. The number of carbonyl (C=O) groups excluding carboxylic acids is 2. The first kappa shape index (κ1) is 33.4. The van der Waals surface area contributed by atoms with E-state index in [0.717, 1.165) is 0 Å². The van der Waals surface area contributed by atoms with Gasteiger partial charge in [-0.1, -0.05) is 37.4 Å². The van der Waals surface area contributed by atoms with Crippen LogP contribution in [0.1, 0.15) is 41.5 Å². The van der Waals surface area contributed by atoms with Crippen LogP contribution >= 0.6 is 0 Å². The second kappa shape index (κ2) is 13.9. The van der Waals surface area contributed by atoms with E-state index in [-0.39, 0.29) is 56.4 Å². The maximum absolute atomic E-state index is 15.0. The summed E-state index contributed by atoms with van der Waals surface area (Å²) in [5, 5.41) is 0. The van der Waals surface area contributed by atoms with Crippen molar-refractivity contribution in [2.24, 2.45) is 0 Å². The molecule has 0 unspecified atom stereocenters. The van der Waals surface area contributed by atoms with E-state index in [0.29, 0.717) is 0 Å². The Hall–Kier alpha value is -5.12. The summed E-state index contributed by atoms with van der Waals surface area (Å²) in [6.45, 7) is 15.6. The van der Waals surface area contributed by atoms with Crippen molar-refractivity contribution in [3.05, 3.63) is 119 Å². The molecule has 0 fully saturated rings. The Balaban J connectivity index is 1.83. The van der Waals surface area contributed by atoms with E-state index in [1.165, 1.54) is 90.1 Å². The van der Waals surface area contributed by atoms with Crippen LogP contribution in [-0.2, 0) is 19.1 Å². The molecule has 3 rings (SSSR count). The molecular formula is C34H30F4O6. The highest BCUT2D eigenvalue weighted by Gasteiger charge is 2.20. The zero-order valence-electron chi connectivity index (χ0n) is 25.0. The van der Waals surface area contributed by atoms with Crippen LogP contribution in [0.3, 0.4) is 0 Å². The Morgan fingerprint density at radius 3 is 1.11 bits per heavy atom. The van der Waals surface area contributed by atoms with Gasteiger partial charge in [0.05, 0.1) is 0 Å². The summed E-state index contributed by atoms with van der Waals surface area (Å²) < 4.78 is 80.7. The molecule has 0 amide bonds. The zero-order chi connectivity index (χ0) is 32.9. The van der Waals surface area contributed by atoms with Crippen LogP contribution in [-0.4, -0.2) is 11.9 Å². The van der Waals surface area contributed by atoms with Crippen molar-refractivity contribution in [1.82, 2.24) is 0 Å². The van der Waals surface area contributed by atoms with E-state index in [4.69, 9.17) is 18.9 Å². The van der Waals surface area contributed by atoms with E-state index >= 15 is 8.78 Å². The first-order valence-corrected chi connectivity index (χ1v) is 13.1. The van der Waals surface area contributed by atoms with Crippen molar-refractivity contribution in [2.45, 2.75) is 41.5 Å². The molecule has 0 saturated carbocycles. The quantitative estimate of drug-likeness (QED) is 0.0987. The third kappa shape index (κ3) is 7.63. The van der Waals surface area contributed by atoms with Crippen molar-refractivity contribution < 1.29 is 46.1 Å². The highest BCUT2D eigenvalue weighted by molar-refractivity contribution is 5.88. The van der Waals surface area contributed by atoms with E-state index in [9.17, 15) is 18.4 Å². The predicted octanol–water partition coefficient (Wildman–Crippen LogP) is 9.08. The van der Waals surface area contributed by atoms with Crippen LogP contribution in [0.2, 0.25) is 0 Å². The average molecular weight is 611 g/mol. The standard InChI is InChI=1S/C34H30F4O6/c1-17(2)33(39)43-21(7)19(5)41-27-15-13-25(29(35)31(27)37)23-9-11-24(12-10-23)26-14-16-28(32(38)30(26)36)42-20(6)22(8)44-34(40)18(3)4/h9-16H,1,3H2,2,4-8H3. The third-order valence-electron chi connectivity index (χ3n) is 6.31. The molecule has 6 nitrogen and oxygen atoms in total. The van der Waals surface area contributed by atoms with E-state index in [1.807, 2.05) is 0 Å². The monoisotopic (exact) mass is 610 g/mol. The van der Waals surface area contributed by atoms with E-state index in [2.05, 4.69) is 13.2 Å². The molecule has 0 saturated heterocycles. The van der Waals surface area contributed by atoms with Gasteiger partial charge in [-0.3, -0.25) is 0 Å². The minimum absolute atomic E-state index is 0.0354. The molecule has 0 heterocycles. The topological polar surface area (TPSA) is 71.1 Å². The van der Waals surface area contributed by atoms with Gasteiger partial charge in [0.1, 0.15) is 23.0 Å². The Bertz CT molecular complexity index is 1590. The number of carbonyl (C=O) groups is 2. The molecule has 0 aliphatic heterocycles. The number of rotatable bonds is 10. The Morgan fingerprint density at radius 2 is 0.818 bits per heavy atom. The molecule has 3 aromatic rings. The summed E-state index contributed by atoms with van der Waals surface area (Å²) in [7, 11) is 0. The molecule has 230 valence electrons. The first-order valence-electron chi connectivity index (χ1n) is 13.1. The van der Waals surface area contributed by atoms with Crippen LogP contribution in [0.4, 0.5) is 17.6 Å². The molecule has 0 aliphatic rings. The third-order valence-corrected chi connectivity index (χ3v) is 6.31. The van der Waals surface area contributed by atoms with Gasteiger partial charge in [-0.15, -0.1) is 0 Å². The fraction of sp³-hybridized carbons (Fsp3) is 0.176. The predicted molar refractivity (Wildman–Crippen MR) is 157 cm³/mol. The van der Waals surface area contributed by atoms with Crippen LogP contribution in [0.5, 0.6) is 11.5 Å². The fourth-order valence-corrected chi connectivity index (χ4v) is 3.57. The van der Waals surface area contributed by atoms with Crippen molar-refractivity contribution in [3.8, 4) is 33.8 Å². The lowest BCUT2D eigenvalue weighted by Crippen LogP contribution is -2.07. The molecule has 0 spiro atoms. The maximum atomic E-state index is 15.0. The van der Waals surface area contributed by atoms with Gasteiger partial charge >= 0.3 is 11.9 Å². The second-order valence-corrected chi connectivity index (χ2v) is 9.82. The largest absolute Gasteiger partial charge is 0.455 e. The highest BCUT2D eigenvalue weighted by atomic mass is 19.2. The van der Waals surface area contributed by atoms with Crippen LogP contribution in [0, 0.1) is 23.3 Å². The van der Waals surface area contributed by atoms with Gasteiger partial charge in [0.15, 0.2) is 23.1 Å². The normalized spacial score (nSPS) is 12.0. The van der Waals surface area contributed by atoms with Crippen LogP contribution in [0.15, 0.2) is 95.9 Å². The van der Waals surface area contributed by atoms with Gasteiger partial charge in [-0.2, -0.15) is 8.78 Å². The summed E-state index contributed by atoms with van der Waals surface area (Å²) in [4.78, 5) is 23.4. The number of hydrogen-bond donors (Lipinski definition) is 0. The Kier molecular flexibility index (Phi) is 10.5. The van der Waals surface area contributed by atoms with Crippen molar-refractivity contribution in [3.63, 3.8) is 0 Å². The van der Waals surface area contributed by atoms with Crippen LogP contribution in [0.25, 0.3) is 22.3 Å². The molecule has 10 heteroatoms. The van der Waals surface area contributed by atoms with Gasteiger partial charge in [0, 0.05) is 22.3 Å². The molecular weight excluding hydrogens is 580 g/mol. The smallest absolute Gasteiger partial charge is 0.338 e. The number of allylic oxidation sites excluding steroid dienone is 4. The summed E-state index contributed by atoms with van der Waals surface area (Å²) in [6, 6.07) is 10.7. The summed E-state index contributed by atoms with van der Waals surface area (Å²) in [6.07, 6.45) is 0. The van der Waals surface area contributed by atoms with Gasteiger partial charge in [0.2, 0.25) is 11.6 Å². The highest BCUT2D eigenvalue weighted by Crippen LogP contribution is 2.35. The molecule has 0 N–H and O–H groups in total. The fourth-order valence-electron chi connectivity index (χ4n) is 3.57. The number of benzene rings is 3. The lowest BCUT2D eigenvalue weighted by molar-refractivity contribution is -0.136. The molecule has 0 bridgehead atoms. The maximum Gasteiger partial charge on any atom is 0.338 e. The first-order chi connectivity index (χ1) is 20.6. The lowest BCUT2D eigenvalue weighted by atomic mass is 9.99. The lowest BCUT2D eigenvalue weighted by Gasteiger charge is -2.14. The minimum Gasteiger partial charge on any atom is -0.455 e.